The van der Waals surface area contributed by atoms with Crippen LogP contribution in [0.25, 0.3) is 0 Å². The normalized spacial score (nSPS) is 12.0. The summed E-state index contributed by atoms with van der Waals surface area (Å²) >= 11 is 12.0. The molecule has 0 saturated heterocycles. The Bertz CT molecular complexity index is 695. The molecule has 1 N–H and O–H groups in total. The summed E-state index contributed by atoms with van der Waals surface area (Å²) in [5, 5.41) is 13.3. The van der Waals surface area contributed by atoms with Crippen molar-refractivity contribution in [3.8, 4) is 6.07 Å². The second-order valence-corrected chi connectivity index (χ2v) is 5.57. The quantitative estimate of drug-likeness (QED) is 0.872. The van der Waals surface area contributed by atoms with Gasteiger partial charge in [-0.3, -0.25) is 0 Å². The molecule has 0 heterocycles. The molecule has 0 spiro atoms. The fourth-order valence-corrected chi connectivity index (χ4v) is 2.62. The van der Waals surface area contributed by atoms with Crippen LogP contribution in [0.1, 0.15) is 29.7 Å². The van der Waals surface area contributed by atoms with Crippen LogP contribution in [-0.2, 0) is 6.54 Å². The lowest BCUT2D eigenvalue weighted by Gasteiger charge is -2.16. The first-order valence-electron chi connectivity index (χ1n) is 6.37. The smallest absolute Gasteiger partial charge is 0.124 e. The number of benzene rings is 2. The van der Waals surface area contributed by atoms with Gasteiger partial charge in [-0.15, -0.1) is 0 Å². The molecule has 0 aromatic heterocycles. The molecule has 2 rings (SSSR count). The van der Waals surface area contributed by atoms with E-state index in [1.165, 1.54) is 12.1 Å². The van der Waals surface area contributed by atoms with Gasteiger partial charge < -0.3 is 5.32 Å². The van der Waals surface area contributed by atoms with Gasteiger partial charge in [0.2, 0.25) is 0 Å². The molecule has 1 atom stereocenters. The van der Waals surface area contributed by atoms with Crippen molar-refractivity contribution >= 4 is 23.2 Å². The standard InChI is InChI=1S/C16H13Cl2FN2/c1-10(15-3-2-13(17)7-16(15)18)21-9-12-4-11(8-20)5-14(19)6-12/h2-7,10,21H,9H2,1H3. The van der Waals surface area contributed by atoms with Crippen LogP contribution < -0.4 is 5.32 Å². The van der Waals surface area contributed by atoms with Gasteiger partial charge in [0.1, 0.15) is 5.82 Å². The largest absolute Gasteiger partial charge is 0.306 e. The van der Waals surface area contributed by atoms with E-state index in [1.807, 2.05) is 19.1 Å². The Morgan fingerprint density at radius 3 is 2.67 bits per heavy atom. The maximum atomic E-state index is 13.4. The van der Waals surface area contributed by atoms with E-state index >= 15 is 0 Å². The van der Waals surface area contributed by atoms with Gasteiger partial charge in [0, 0.05) is 22.6 Å². The van der Waals surface area contributed by atoms with Gasteiger partial charge in [0.15, 0.2) is 0 Å². The van der Waals surface area contributed by atoms with Crippen molar-refractivity contribution in [1.29, 1.82) is 5.26 Å². The molecule has 108 valence electrons. The van der Waals surface area contributed by atoms with Crippen molar-refractivity contribution in [1.82, 2.24) is 5.32 Å². The van der Waals surface area contributed by atoms with Crippen molar-refractivity contribution in [3.05, 3.63) is 69.0 Å². The van der Waals surface area contributed by atoms with Crippen LogP contribution in [0.15, 0.2) is 36.4 Å². The molecule has 5 heteroatoms. The highest BCUT2D eigenvalue weighted by Crippen LogP contribution is 2.26. The van der Waals surface area contributed by atoms with E-state index in [9.17, 15) is 4.39 Å². The van der Waals surface area contributed by atoms with Crippen LogP contribution in [0.5, 0.6) is 0 Å². The molecule has 2 aromatic rings. The minimum absolute atomic E-state index is 0.0245. The Balaban J connectivity index is 2.09. The van der Waals surface area contributed by atoms with Crippen LogP contribution in [0.3, 0.4) is 0 Å². The highest BCUT2D eigenvalue weighted by molar-refractivity contribution is 6.35. The number of halogens is 3. The summed E-state index contributed by atoms with van der Waals surface area (Å²) in [5.74, 6) is -0.414. The van der Waals surface area contributed by atoms with Gasteiger partial charge >= 0.3 is 0 Å². The Labute approximate surface area is 133 Å². The summed E-state index contributed by atoms with van der Waals surface area (Å²) in [5.41, 5.74) is 1.94. The highest BCUT2D eigenvalue weighted by Gasteiger charge is 2.10. The van der Waals surface area contributed by atoms with E-state index in [-0.39, 0.29) is 6.04 Å². The first-order chi connectivity index (χ1) is 9.99. The summed E-state index contributed by atoms with van der Waals surface area (Å²) in [6.07, 6.45) is 0. The average Bonchev–Trinajstić information content (AvgIpc) is 2.44. The van der Waals surface area contributed by atoms with Crippen molar-refractivity contribution in [2.24, 2.45) is 0 Å². The zero-order chi connectivity index (χ0) is 15.4. The van der Waals surface area contributed by atoms with E-state index < -0.39 is 5.82 Å². The van der Waals surface area contributed by atoms with Gasteiger partial charge in [-0.05, 0) is 48.4 Å². The summed E-state index contributed by atoms with van der Waals surface area (Å²) in [6, 6.07) is 11.5. The third-order valence-electron chi connectivity index (χ3n) is 3.13. The first kappa shape index (κ1) is 15.8. The molecule has 0 aliphatic carbocycles. The number of hydrogen-bond donors (Lipinski definition) is 1. The summed E-state index contributed by atoms with van der Waals surface area (Å²) in [4.78, 5) is 0. The summed E-state index contributed by atoms with van der Waals surface area (Å²) < 4.78 is 13.4. The molecule has 0 amide bonds. The van der Waals surface area contributed by atoms with E-state index in [1.54, 1.807) is 18.2 Å². The van der Waals surface area contributed by atoms with E-state index in [4.69, 9.17) is 28.5 Å². The second-order valence-electron chi connectivity index (χ2n) is 4.73. The molecule has 0 fully saturated rings. The lowest BCUT2D eigenvalue weighted by Crippen LogP contribution is -2.18. The molecule has 0 radical (unpaired) electrons. The van der Waals surface area contributed by atoms with Crippen molar-refractivity contribution in [2.75, 3.05) is 0 Å². The molecule has 0 bridgehead atoms. The lowest BCUT2D eigenvalue weighted by molar-refractivity contribution is 0.569. The summed E-state index contributed by atoms with van der Waals surface area (Å²) in [7, 11) is 0. The highest BCUT2D eigenvalue weighted by atomic mass is 35.5. The minimum Gasteiger partial charge on any atom is -0.306 e. The summed E-state index contributed by atoms with van der Waals surface area (Å²) in [6.45, 7) is 2.40. The number of nitrogens with one attached hydrogen (secondary N) is 1. The van der Waals surface area contributed by atoms with E-state index in [0.717, 1.165) is 5.56 Å². The fraction of sp³-hybridized carbons (Fsp3) is 0.188. The molecular formula is C16H13Cl2FN2. The van der Waals surface area contributed by atoms with Crippen LogP contribution in [0, 0.1) is 17.1 Å². The third-order valence-corrected chi connectivity index (χ3v) is 3.69. The Morgan fingerprint density at radius 2 is 2.00 bits per heavy atom. The lowest BCUT2D eigenvalue weighted by atomic mass is 10.1. The number of rotatable bonds is 4. The van der Waals surface area contributed by atoms with Crippen LogP contribution >= 0.6 is 23.2 Å². The van der Waals surface area contributed by atoms with Gasteiger partial charge in [0.25, 0.3) is 0 Å². The van der Waals surface area contributed by atoms with Gasteiger partial charge in [-0.2, -0.15) is 5.26 Å². The Kier molecular flexibility index (Phi) is 5.19. The van der Waals surface area contributed by atoms with E-state index in [0.29, 0.717) is 27.7 Å². The van der Waals surface area contributed by atoms with Crippen LogP contribution in [0.2, 0.25) is 10.0 Å². The van der Waals surface area contributed by atoms with Crippen LogP contribution in [0.4, 0.5) is 4.39 Å². The fourth-order valence-electron chi connectivity index (χ4n) is 2.05. The van der Waals surface area contributed by atoms with Gasteiger partial charge in [-0.1, -0.05) is 29.3 Å². The number of hydrogen-bond acceptors (Lipinski definition) is 2. The van der Waals surface area contributed by atoms with Crippen molar-refractivity contribution < 1.29 is 4.39 Å². The molecule has 2 nitrogen and oxygen atoms in total. The van der Waals surface area contributed by atoms with Crippen molar-refractivity contribution in [3.63, 3.8) is 0 Å². The zero-order valence-electron chi connectivity index (χ0n) is 11.3. The first-order valence-corrected chi connectivity index (χ1v) is 7.13. The topological polar surface area (TPSA) is 35.8 Å². The van der Waals surface area contributed by atoms with Gasteiger partial charge in [0.05, 0.1) is 11.6 Å². The predicted molar refractivity (Wildman–Crippen MR) is 82.8 cm³/mol. The Hall–Kier alpha value is -1.60. The van der Waals surface area contributed by atoms with E-state index in [2.05, 4.69) is 5.32 Å². The molecule has 0 aliphatic rings. The minimum atomic E-state index is -0.414. The zero-order valence-corrected chi connectivity index (χ0v) is 12.8. The van der Waals surface area contributed by atoms with Gasteiger partial charge in [-0.25, -0.2) is 4.39 Å². The van der Waals surface area contributed by atoms with Crippen molar-refractivity contribution in [2.45, 2.75) is 19.5 Å². The molecular weight excluding hydrogens is 310 g/mol. The molecule has 21 heavy (non-hydrogen) atoms. The number of nitriles is 1. The predicted octanol–water partition coefficient (Wildman–Crippen LogP) is 4.85. The maximum Gasteiger partial charge on any atom is 0.124 e. The molecule has 1 unspecified atom stereocenters. The third kappa shape index (κ3) is 4.18. The molecule has 0 saturated carbocycles. The monoisotopic (exact) mass is 322 g/mol. The maximum absolute atomic E-state index is 13.4. The molecule has 2 aromatic carbocycles. The molecule has 0 aliphatic heterocycles. The van der Waals surface area contributed by atoms with Crippen LogP contribution in [-0.4, -0.2) is 0 Å². The SMILES string of the molecule is CC(NCc1cc(F)cc(C#N)c1)c1ccc(Cl)cc1Cl. The Morgan fingerprint density at radius 1 is 1.24 bits per heavy atom. The number of nitrogens with zero attached hydrogens (tertiary/aromatic N) is 1. The second kappa shape index (κ2) is 6.91. The average molecular weight is 323 g/mol.